The molecule has 0 radical (unpaired) electrons. The number of amides is 1. The zero-order chi connectivity index (χ0) is 17.0. The number of carboxylic acid groups (broad SMARTS) is 1. The Kier molecular flexibility index (Phi) is 5.89. The number of rotatable bonds is 3. The Morgan fingerprint density at radius 3 is 2.09 bits per heavy atom. The molecular weight excluding hydrogens is 296 g/mol. The van der Waals surface area contributed by atoms with E-state index < -0.39 is 11.6 Å². The molecule has 0 aromatic rings. The van der Waals surface area contributed by atoms with Gasteiger partial charge >= 0.3 is 12.1 Å². The molecule has 23 heavy (non-hydrogen) atoms. The highest BCUT2D eigenvalue weighted by molar-refractivity contribution is 5.68. The number of piperazine rings is 1. The molecule has 0 aromatic carbocycles. The number of nitrogens with zero attached hydrogens (tertiary/aromatic N) is 2. The van der Waals surface area contributed by atoms with Gasteiger partial charge in [-0.2, -0.15) is 0 Å². The van der Waals surface area contributed by atoms with Gasteiger partial charge in [-0.15, -0.1) is 0 Å². The smallest absolute Gasteiger partial charge is 0.410 e. The normalized spacial score (nSPS) is 26.8. The third-order valence-electron chi connectivity index (χ3n) is 4.76. The quantitative estimate of drug-likeness (QED) is 0.863. The summed E-state index contributed by atoms with van der Waals surface area (Å²) >= 11 is 0. The number of hydrogen-bond donors (Lipinski definition) is 1. The van der Waals surface area contributed by atoms with Crippen LogP contribution in [0.25, 0.3) is 0 Å². The van der Waals surface area contributed by atoms with E-state index in [1.165, 1.54) is 0 Å². The second-order valence-electron chi connectivity index (χ2n) is 7.78. The molecule has 6 heteroatoms. The molecule has 0 atom stereocenters. The molecule has 6 nitrogen and oxygen atoms in total. The fourth-order valence-electron chi connectivity index (χ4n) is 3.56. The molecule has 1 amide bonds. The van der Waals surface area contributed by atoms with Crippen molar-refractivity contribution in [1.29, 1.82) is 0 Å². The van der Waals surface area contributed by atoms with Gasteiger partial charge in [0.15, 0.2) is 0 Å². The van der Waals surface area contributed by atoms with Gasteiger partial charge in [0.05, 0.1) is 0 Å². The molecule has 1 N–H and O–H groups in total. The van der Waals surface area contributed by atoms with Crippen molar-refractivity contribution in [2.75, 3.05) is 26.2 Å². The maximum absolute atomic E-state index is 12.1. The number of carboxylic acids is 1. The highest BCUT2D eigenvalue weighted by atomic mass is 16.6. The van der Waals surface area contributed by atoms with Gasteiger partial charge in [0.1, 0.15) is 5.60 Å². The minimum Gasteiger partial charge on any atom is -0.481 e. The predicted octanol–water partition coefficient (Wildman–Crippen LogP) is 2.57. The molecule has 1 aliphatic heterocycles. The van der Waals surface area contributed by atoms with Gasteiger partial charge in [-0.25, -0.2) is 4.79 Å². The van der Waals surface area contributed by atoms with Crippen molar-refractivity contribution >= 4 is 12.1 Å². The van der Waals surface area contributed by atoms with Crippen molar-refractivity contribution < 1.29 is 19.4 Å². The predicted molar refractivity (Wildman–Crippen MR) is 87.4 cm³/mol. The van der Waals surface area contributed by atoms with Crippen molar-refractivity contribution in [3.05, 3.63) is 0 Å². The lowest BCUT2D eigenvalue weighted by atomic mass is 9.83. The number of ether oxygens (including phenoxy) is 1. The van der Waals surface area contributed by atoms with Crippen LogP contribution in [-0.2, 0) is 9.53 Å². The summed E-state index contributed by atoms with van der Waals surface area (Å²) in [5.41, 5.74) is -0.448. The van der Waals surface area contributed by atoms with E-state index >= 15 is 0 Å². The molecule has 0 unspecified atom stereocenters. The van der Waals surface area contributed by atoms with Gasteiger partial charge in [0.25, 0.3) is 0 Å². The van der Waals surface area contributed by atoms with Gasteiger partial charge in [-0.3, -0.25) is 9.69 Å². The minimum absolute atomic E-state index is 0.220. The Balaban J connectivity index is 1.73. The highest BCUT2D eigenvalue weighted by Gasteiger charge is 2.31. The first kappa shape index (κ1) is 18.0. The van der Waals surface area contributed by atoms with Crippen molar-refractivity contribution in [2.24, 2.45) is 5.92 Å². The van der Waals surface area contributed by atoms with Gasteiger partial charge in [0, 0.05) is 38.6 Å². The van der Waals surface area contributed by atoms with E-state index in [1.807, 2.05) is 20.8 Å². The fraction of sp³-hybridized carbons (Fsp3) is 0.882. The molecule has 1 heterocycles. The summed E-state index contributed by atoms with van der Waals surface area (Å²) in [7, 11) is 0. The lowest BCUT2D eigenvalue weighted by Crippen LogP contribution is -2.53. The summed E-state index contributed by atoms with van der Waals surface area (Å²) in [6, 6.07) is 0.542. The van der Waals surface area contributed by atoms with Crippen LogP contribution in [-0.4, -0.2) is 64.8 Å². The van der Waals surface area contributed by atoms with E-state index in [2.05, 4.69) is 4.90 Å². The maximum Gasteiger partial charge on any atom is 0.410 e. The Hall–Kier alpha value is -1.30. The van der Waals surface area contributed by atoms with E-state index in [0.717, 1.165) is 38.8 Å². The van der Waals surface area contributed by atoms with Gasteiger partial charge in [-0.1, -0.05) is 0 Å². The van der Waals surface area contributed by atoms with Crippen LogP contribution in [0.5, 0.6) is 0 Å². The number of carbonyl (C=O) groups excluding carboxylic acids is 1. The fourth-order valence-corrected chi connectivity index (χ4v) is 3.56. The van der Waals surface area contributed by atoms with E-state index in [1.54, 1.807) is 4.90 Å². The highest BCUT2D eigenvalue weighted by Crippen LogP contribution is 2.30. The molecule has 2 aliphatic rings. The van der Waals surface area contributed by atoms with E-state index in [-0.39, 0.29) is 6.09 Å². The average Bonchev–Trinajstić information content (AvgIpc) is 2.46. The second-order valence-corrected chi connectivity index (χ2v) is 7.78. The van der Waals surface area contributed by atoms with Crippen LogP contribution in [0.15, 0.2) is 0 Å². The second kappa shape index (κ2) is 7.51. The van der Waals surface area contributed by atoms with Gasteiger partial charge < -0.3 is 14.7 Å². The first-order chi connectivity index (χ1) is 10.7. The van der Waals surface area contributed by atoms with Crippen molar-refractivity contribution in [3.63, 3.8) is 0 Å². The summed E-state index contributed by atoms with van der Waals surface area (Å²) in [5.74, 6) is -0.341. The monoisotopic (exact) mass is 326 g/mol. The molecule has 0 bridgehead atoms. The van der Waals surface area contributed by atoms with Crippen LogP contribution in [0.4, 0.5) is 4.79 Å². The van der Waals surface area contributed by atoms with Gasteiger partial charge in [0.2, 0.25) is 0 Å². The van der Waals surface area contributed by atoms with E-state index in [0.29, 0.717) is 31.5 Å². The third-order valence-corrected chi connectivity index (χ3v) is 4.76. The number of aliphatic carboxylic acids is 1. The Labute approximate surface area is 138 Å². The topological polar surface area (TPSA) is 70.1 Å². The lowest BCUT2D eigenvalue weighted by Gasteiger charge is -2.42. The molecule has 0 aromatic heterocycles. The standard InChI is InChI=1S/C17H30N2O4/c1-17(2,3)23-16(22)19-10-8-18(9-11-19)14-6-4-13(5-7-14)12-15(20)21/h13-14H,4-12H2,1-3H3,(H,20,21). The largest absolute Gasteiger partial charge is 0.481 e. The zero-order valence-corrected chi connectivity index (χ0v) is 14.6. The molecule has 1 saturated heterocycles. The summed E-state index contributed by atoms with van der Waals surface area (Å²) in [6.07, 6.45) is 4.24. The molecule has 2 fully saturated rings. The van der Waals surface area contributed by atoms with Crippen molar-refractivity contribution in [3.8, 4) is 0 Å². The molecule has 132 valence electrons. The Morgan fingerprint density at radius 1 is 1.04 bits per heavy atom. The first-order valence-electron chi connectivity index (χ1n) is 8.68. The van der Waals surface area contributed by atoms with Crippen LogP contribution in [0.2, 0.25) is 0 Å². The van der Waals surface area contributed by atoms with Crippen LogP contribution < -0.4 is 0 Å². The van der Waals surface area contributed by atoms with Crippen molar-refractivity contribution in [2.45, 2.75) is 64.5 Å². The van der Waals surface area contributed by atoms with E-state index in [4.69, 9.17) is 9.84 Å². The lowest BCUT2D eigenvalue weighted by molar-refractivity contribution is -0.138. The summed E-state index contributed by atoms with van der Waals surface area (Å²) in [5, 5.41) is 8.88. The number of carbonyl (C=O) groups is 2. The maximum atomic E-state index is 12.1. The van der Waals surface area contributed by atoms with E-state index in [9.17, 15) is 9.59 Å². The SMILES string of the molecule is CC(C)(C)OC(=O)N1CCN(C2CCC(CC(=O)O)CC2)CC1. The summed E-state index contributed by atoms with van der Waals surface area (Å²) < 4.78 is 5.42. The molecule has 0 spiro atoms. The molecular formula is C17H30N2O4. The minimum atomic E-state index is -0.681. The summed E-state index contributed by atoms with van der Waals surface area (Å²) in [4.78, 5) is 27.1. The summed E-state index contributed by atoms with van der Waals surface area (Å²) in [6.45, 7) is 8.85. The molecule has 1 aliphatic carbocycles. The third kappa shape index (κ3) is 5.68. The molecule has 2 rings (SSSR count). The van der Waals surface area contributed by atoms with Crippen LogP contribution >= 0.6 is 0 Å². The zero-order valence-electron chi connectivity index (χ0n) is 14.6. The van der Waals surface area contributed by atoms with Crippen LogP contribution in [0, 0.1) is 5.92 Å². The Morgan fingerprint density at radius 2 is 1.61 bits per heavy atom. The molecule has 1 saturated carbocycles. The van der Waals surface area contributed by atoms with Crippen LogP contribution in [0.3, 0.4) is 0 Å². The van der Waals surface area contributed by atoms with Crippen LogP contribution in [0.1, 0.15) is 52.9 Å². The Bertz CT molecular complexity index is 417. The van der Waals surface area contributed by atoms with Crippen molar-refractivity contribution in [1.82, 2.24) is 9.80 Å². The number of hydrogen-bond acceptors (Lipinski definition) is 4. The average molecular weight is 326 g/mol. The first-order valence-corrected chi connectivity index (χ1v) is 8.68. The van der Waals surface area contributed by atoms with Gasteiger partial charge in [-0.05, 0) is 52.4 Å².